The lowest BCUT2D eigenvalue weighted by Gasteiger charge is -2.11. The van der Waals surface area contributed by atoms with Crippen LogP contribution in [0.2, 0.25) is 0 Å². The van der Waals surface area contributed by atoms with Gasteiger partial charge in [-0.3, -0.25) is 4.79 Å². The normalized spacial score (nSPS) is 10.7. The number of aromatic amines is 1. The fraction of sp³-hybridized carbons (Fsp3) is 0.0714. The van der Waals surface area contributed by atoms with Gasteiger partial charge in [0.05, 0.1) is 16.7 Å². The van der Waals surface area contributed by atoms with Crippen LogP contribution in [0.25, 0.3) is 22.4 Å². The summed E-state index contributed by atoms with van der Waals surface area (Å²) in [7, 11) is 0. The average molecular weight is 450 g/mol. The molecule has 0 unspecified atom stereocenters. The second-order valence-electron chi connectivity index (χ2n) is 7.87. The van der Waals surface area contributed by atoms with Crippen molar-refractivity contribution in [2.75, 3.05) is 11.9 Å². The molecule has 34 heavy (non-hydrogen) atoms. The summed E-state index contributed by atoms with van der Waals surface area (Å²) in [6, 6.07) is 30.4. The number of hydrogen-bond donors (Lipinski definition) is 2. The maximum Gasteiger partial charge on any atom is 0.262 e. The van der Waals surface area contributed by atoms with Gasteiger partial charge in [-0.25, -0.2) is 4.98 Å². The van der Waals surface area contributed by atoms with Crippen LogP contribution in [0.4, 0.5) is 5.69 Å². The predicted molar refractivity (Wildman–Crippen MR) is 133 cm³/mol. The zero-order chi connectivity index (χ0) is 23.3. The third kappa shape index (κ3) is 4.91. The molecule has 0 saturated carbocycles. The zero-order valence-electron chi connectivity index (χ0n) is 18.6. The topological polar surface area (TPSA) is 76.2 Å². The lowest BCUT2D eigenvalue weighted by molar-refractivity contribution is -0.118. The second kappa shape index (κ2) is 9.50. The highest BCUT2D eigenvalue weighted by atomic mass is 16.5. The Morgan fingerprint density at radius 1 is 0.824 bits per heavy atom. The van der Waals surface area contributed by atoms with Gasteiger partial charge < -0.3 is 19.8 Å². The number of rotatable bonds is 7. The van der Waals surface area contributed by atoms with Crippen LogP contribution in [0.3, 0.4) is 0 Å². The van der Waals surface area contributed by atoms with Crippen molar-refractivity contribution in [3.05, 3.63) is 103 Å². The molecule has 4 aromatic carbocycles. The van der Waals surface area contributed by atoms with Crippen LogP contribution in [-0.2, 0) is 4.79 Å². The molecule has 0 aliphatic carbocycles. The Labute approximate surface area is 197 Å². The van der Waals surface area contributed by atoms with E-state index < -0.39 is 0 Å². The van der Waals surface area contributed by atoms with E-state index in [1.165, 1.54) is 5.56 Å². The van der Waals surface area contributed by atoms with Crippen LogP contribution < -0.4 is 14.8 Å². The molecule has 1 amide bonds. The number of aryl methyl sites for hydroxylation is 1. The molecule has 0 aliphatic rings. The number of H-pyrrole nitrogens is 1. The Morgan fingerprint density at radius 2 is 1.47 bits per heavy atom. The fourth-order valence-corrected chi connectivity index (χ4v) is 3.56. The van der Waals surface area contributed by atoms with E-state index in [2.05, 4.69) is 15.3 Å². The summed E-state index contributed by atoms with van der Waals surface area (Å²) in [5.41, 5.74) is 4.46. The first-order chi connectivity index (χ1) is 16.6. The largest absolute Gasteiger partial charge is 0.484 e. The molecular formula is C28H23N3O3. The molecule has 0 radical (unpaired) electrons. The first-order valence-corrected chi connectivity index (χ1v) is 11.0. The number of aromatic nitrogens is 2. The maximum atomic E-state index is 12.6. The van der Waals surface area contributed by atoms with Crippen LogP contribution in [0.1, 0.15) is 5.56 Å². The van der Waals surface area contributed by atoms with E-state index in [0.29, 0.717) is 23.0 Å². The third-order valence-corrected chi connectivity index (χ3v) is 5.30. The molecule has 6 nitrogen and oxygen atoms in total. The van der Waals surface area contributed by atoms with Crippen molar-refractivity contribution < 1.29 is 14.3 Å². The number of para-hydroxylation sites is 3. The molecule has 0 bridgehead atoms. The van der Waals surface area contributed by atoms with Gasteiger partial charge in [-0.2, -0.15) is 0 Å². The number of carbonyl (C=O) groups is 1. The van der Waals surface area contributed by atoms with Crippen LogP contribution in [0, 0.1) is 6.92 Å². The van der Waals surface area contributed by atoms with Gasteiger partial charge in [0.15, 0.2) is 6.61 Å². The van der Waals surface area contributed by atoms with Gasteiger partial charge in [-0.15, -0.1) is 0 Å². The molecule has 5 aromatic rings. The average Bonchev–Trinajstić information content (AvgIpc) is 3.29. The molecule has 1 aromatic heterocycles. The van der Waals surface area contributed by atoms with Crippen molar-refractivity contribution in [1.82, 2.24) is 9.97 Å². The van der Waals surface area contributed by atoms with Gasteiger partial charge in [-0.05, 0) is 67.6 Å². The summed E-state index contributed by atoms with van der Waals surface area (Å²) in [4.78, 5) is 20.5. The number of imidazole rings is 1. The van der Waals surface area contributed by atoms with Crippen molar-refractivity contribution in [3.63, 3.8) is 0 Å². The van der Waals surface area contributed by atoms with Crippen molar-refractivity contribution in [2.45, 2.75) is 6.92 Å². The van der Waals surface area contributed by atoms with Gasteiger partial charge in [0, 0.05) is 5.56 Å². The van der Waals surface area contributed by atoms with E-state index in [4.69, 9.17) is 9.47 Å². The van der Waals surface area contributed by atoms with Crippen LogP contribution >= 0.6 is 0 Å². The van der Waals surface area contributed by atoms with E-state index in [9.17, 15) is 4.79 Å². The highest BCUT2D eigenvalue weighted by Crippen LogP contribution is 2.28. The van der Waals surface area contributed by atoms with Gasteiger partial charge in [0.25, 0.3) is 5.91 Å². The van der Waals surface area contributed by atoms with E-state index >= 15 is 0 Å². The smallest absolute Gasteiger partial charge is 0.262 e. The maximum absolute atomic E-state index is 12.6. The van der Waals surface area contributed by atoms with Gasteiger partial charge in [0.2, 0.25) is 0 Å². The molecule has 5 rings (SSSR count). The fourth-order valence-electron chi connectivity index (χ4n) is 3.56. The van der Waals surface area contributed by atoms with Gasteiger partial charge >= 0.3 is 0 Å². The van der Waals surface area contributed by atoms with Crippen molar-refractivity contribution in [2.24, 2.45) is 0 Å². The number of carbonyl (C=O) groups excluding carboxylic acids is 1. The third-order valence-electron chi connectivity index (χ3n) is 5.30. The van der Waals surface area contributed by atoms with Crippen LogP contribution in [-0.4, -0.2) is 22.5 Å². The molecule has 1 heterocycles. The highest BCUT2D eigenvalue weighted by molar-refractivity contribution is 5.96. The minimum Gasteiger partial charge on any atom is -0.484 e. The molecule has 6 heteroatoms. The Kier molecular flexibility index (Phi) is 5.95. The van der Waals surface area contributed by atoms with Crippen molar-refractivity contribution in [3.8, 4) is 28.6 Å². The van der Waals surface area contributed by atoms with E-state index in [1.807, 2.05) is 91.9 Å². The monoisotopic (exact) mass is 449 g/mol. The summed E-state index contributed by atoms with van der Waals surface area (Å²) in [6.45, 7) is 1.91. The predicted octanol–water partition coefficient (Wildman–Crippen LogP) is 6.35. The summed E-state index contributed by atoms with van der Waals surface area (Å²) >= 11 is 0. The number of fused-ring (bicyclic) bond motifs is 1. The van der Waals surface area contributed by atoms with Crippen LogP contribution in [0.5, 0.6) is 17.2 Å². The quantitative estimate of drug-likeness (QED) is 0.304. The molecule has 0 saturated heterocycles. The minimum atomic E-state index is -0.261. The summed E-state index contributed by atoms with van der Waals surface area (Å²) < 4.78 is 11.5. The first kappa shape index (κ1) is 21.3. The van der Waals surface area contributed by atoms with E-state index in [-0.39, 0.29) is 12.5 Å². The number of hydrogen-bond acceptors (Lipinski definition) is 4. The Bertz CT molecular complexity index is 1390. The molecule has 168 valence electrons. The zero-order valence-corrected chi connectivity index (χ0v) is 18.6. The molecular weight excluding hydrogens is 426 g/mol. The standard InChI is InChI=1S/C28H23N3O3/c1-19-10-12-21(13-11-19)34-22-16-14-20(15-17-22)33-18-27(32)29-24-7-3-2-6-23(24)28-30-25-8-4-5-9-26(25)31-28/h2-17H,18H2,1H3,(H,29,32)(H,30,31). The number of nitrogens with zero attached hydrogens (tertiary/aromatic N) is 1. The number of anilines is 1. The number of ether oxygens (including phenoxy) is 2. The van der Waals surface area contributed by atoms with Gasteiger partial charge in [-0.1, -0.05) is 42.0 Å². The lowest BCUT2D eigenvalue weighted by atomic mass is 10.1. The Hall–Kier alpha value is -4.58. The van der Waals surface area contributed by atoms with E-state index in [0.717, 1.165) is 22.3 Å². The Morgan fingerprint density at radius 3 is 2.24 bits per heavy atom. The Balaban J connectivity index is 1.21. The van der Waals surface area contributed by atoms with Crippen molar-refractivity contribution >= 4 is 22.6 Å². The summed E-state index contributed by atoms with van der Waals surface area (Å²) in [5.74, 6) is 2.48. The molecule has 0 atom stereocenters. The highest BCUT2D eigenvalue weighted by Gasteiger charge is 2.12. The minimum absolute atomic E-state index is 0.118. The van der Waals surface area contributed by atoms with Crippen molar-refractivity contribution in [1.29, 1.82) is 0 Å². The van der Waals surface area contributed by atoms with Gasteiger partial charge in [0.1, 0.15) is 23.1 Å². The SMILES string of the molecule is Cc1ccc(Oc2ccc(OCC(=O)Nc3ccccc3-c3nc4ccccc4[nH]3)cc2)cc1. The molecule has 0 spiro atoms. The molecule has 0 fully saturated rings. The number of benzene rings is 4. The summed E-state index contributed by atoms with van der Waals surface area (Å²) in [5, 5.41) is 2.92. The second-order valence-corrected chi connectivity index (χ2v) is 7.87. The number of nitrogens with one attached hydrogen (secondary N) is 2. The molecule has 2 N–H and O–H groups in total. The lowest BCUT2D eigenvalue weighted by Crippen LogP contribution is -2.20. The molecule has 0 aliphatic heterocycles. The van der Waals surface area contributed by atoms with Crippen LogP contribution in [0.15, 0.2) is 97.1 Å². The summed E-state index contributed by atoms with van der Waals surface area (Å²) in [6.07, 6.45) is 0. The first-order valence-electron chi connectivity index (χ1n) is 11.0. The van der Waals surface area contributed by atoms with E-state index in [1.54, 1.807) is 12.1 Å². The number of amides is 1.